The molecule has 0 spiro atoms. The lowest BCUT2D eigenvalue weighted by molar-refractivity contribution is -0.143. The lowest BCUT2D eigenvalue weighted by Crippen LogP contribution is -2.45. The molecule has 2 heterocycles. The number of benzene rings is 2. The Balaban J connectivity index is 1.83. The van der Waals surface area contributed by atoms with Gasteiger partial charge in [0.2, 0.25) is 0 Å². The molecule has 0 fully saturated rings. The molecular weight excluding hydrogens is 400 g/mol. The molecule has 2 aromatic carbocycles. The third-order valence-corrected chi connectivity index (χ3v) is 5.21. The molecule has 31 heavy (non-hydrogen) atoms. The molecule has 0 bridgehead atoms. The molecule has 8 nitrogen and oxygen atoms in total. The topological polar surface area (TPSA) is 107 Å². The molecule has 1 aliphatic heterocycles. The van der Waals surface area contributed by atoms with Crippen LogP contribution in [-0.2, 0) is 25.5 Å². The Morgan fingerprint density at radius 2 is 1.68 bits per heavy atom. The van der Waals surface area contributed by atoms with Gasteiger partial charge in [0.1, 0.15) is 6.04 Å². The number of carbonyl (C=O) groups excluding carboxylic acids is 3. The van der Waals surface area contributed by atoms with Crippen LogP contribution < -0.4 is 14.8 Å². The van der Waals surface area contributed by atoms with Gasteiger partial charge in [-0.25, -0.2) is 0 Å². The summed E-state index contributed by atoms with van der Waals surface area (Å²) in [5.74, 6) is -1.16. The van der Waals surface area contributed by atoms with E-state index in [-0.39, 0.29) is 17.5 Å². The number of carbonyl (C=O) groups is 3. The second kappa shape index (κ2) is 8.23. The molecule has 0 amide bonds. The number of rotatable bonds is 4. The number of aromatic amines is 1. The highest BCUT2D eigenvalue weighted by atomic mass is 16.6. The van der Waals surface area contributed by atoms with Crippen LogP contribution in [0.2, 0.25) is 0 Å². The molecular formula is C23H22N2O6. The van der Waals surface area contributed by atoms with Gasteiger partial charge in [0, 0.05) is 36.9 Å². The summed E-state index contributed by atoms with van der Waals surface area (Å²) in [6.45, 7) is 2.54. The highest BCUT2D eigenvalue weighted by Gasteiger charge is 2.35. The van der Waals surface area contributed by atoms with E-state index in [0.717, 1.165) is 27.7 Å². The first-order chi connectivity index (χ1) is 14.9. The van der Waals surface area contributed by atoms with Gasteiger partial charge in [0.05, 0.1) is 13.2 Å². The molecule has 2 N–H and O–H groups in total. The Bertz CT molecular complexity index is 1180. The molecule has 2 atom stereocenters. The van der Waals surface area contributed by atoms with Crippen LogP contribution >= 0.6 is 0 Å². The van der Waals surface area contributed by atoms with Crippen LogP contribution in [0, 0.1) is 0 Å². The van der Waals surface area contributed by atoms with Crippen molar-refractivity contribution in [3.05, 3.63) is 59.3 Å². The first kappa shape index (κ1) is 20.6. The molecule has 4 rings (SSSR count). The highest BCUT2D eigenvalue weighted by molar-refractivity contribution is 5.87. The van der Waals surface area contributed by atoms with Crippen molar-refractivity contribution in [3.63, 3.8) is 0 Å². The van der Waals surface area contributed by atoms with Crippen LogP contribution in [0.25, 0.3) is 10.9 Å². The summed E-state index contributed by atoms with van der Waals surface area (Å²) < 4.78 is 15.4. The Morgan fingerprint density at radius 3 is 2.39 bits per heavy atom. The van der Waals surface area contributed by atoms with Crippen molar-refractivity contribution in [3.8, 4) is 11.5 Å². The van der Waals surface area contributed by atoms with E-state index in [0.29, 0.717) is 6.42 Å². The Hall–Kier alpha value is -3.65. The molecule has 160 valence electrons. The fraction of sp³-hybridized carbons (Fsp3) is 0.261. The van der Waals surface area contributed by atoms with Crippen molar-refractivity contribution in [2.75, 3.05) is 7.11 Å². The third-order valence-electron chi connectivity index (χ3n) is 5.21. The van der Waals surface area contributed by atoms with E-state index in [2.05, 4.69) is 10.3 Å². The lowest BCUT2D eigenvalue weighted by atomic mass is 9.90. The van der Waals surface area contributed by atoms with Gasteiger partial charge in [-0.15, -0.1) is 0 Å². The zero-order chi connectivity index (χ0) is 22.1. The van der Waals surface area contributed by atoms with Crippen molar-refractivity contribution >= 4 is 28.8 Å². The summed E-state index contributed by atoms with van der Waals surface area (Å²) in [6, 6.07) is 11.9. The van der Waals surface area contributed by atoms with Gasteiger partial charge in [0.15, 0.2) is 11.5 Å². The summed E-state index contributed by atoms with van der Waals surface area (Å²) in [6.07, 6.45) is 0.477. The van der Waals surface area contributed by atoms with Crippen molar-refractivity contribution < 1.29 is 28.6 Å². The van der Waals surface area contributed by atoms with Crippen LogP contribution in [0.5, 0.6) is 11.5 Å². The monoisotopic (exact) mass is 422 g/mol. The quantitative estimate of drug-likeness (QED) is 0.492. The fourth-order valence-electron chi connectivity index (χ4n) is 3.97. The first-order valence-electron chi connectivity index (χ1n) is 9.81. The minimum Gasteiger partial charge on any atom is -0.468 e. The molecule has 1 aromatic heterocycles. The number of methoxy groups -OCH3 is 1. The molecule has 0 radical (unpaired) electrons. The third kappa shape index (κ3) is 4.02. The number of esters is 3. The number of nitrogens with one attached hydrogen (secondary N) is 2. The summed E-state index contributed by atoms with van der Waals surface area (Å²) in [4.78, 5) is 38.8. The van der Waals surface area contributed by atoms with Crippen LogP contribution in [0.3, 0.4) is 0 Å². The predicted molar refractivity (Wildman–Crippen MR) is 112 cm³/mol. The van der Waals surface area contributed by atoms with Crippen molar-refractivity contribution in [1.82, 2.24) is 10.3 Å². The number of aromatic nitrogens is 1. The predicted octanol–water partition coefficient (Wildman–Crippen LogP) is 2.80. The van der Waals surface area contributed by atoms with Crippen LogP contribution in [0.4, 0.5) is 0 Å². The van der Waals surface area contributed by atoms with Gasteiger partial charge >= 0.3 is 17.9 Å². The van der Waals surface area contributed by atoms with E-state index in [1.54, 1.807) is 18.2 Å². The lowest BCUT2D eigenvalue weighted by Gasteiger charge is -2.30. The minimum absolute atomic E-state index is 0.125. The Kier molecular flexibility index (Phi) is 5.48. The van der Waals surface area contributed by atoms with E-state index in [1.807, 2.05) is 24.3 Å². The van der Waals surface area contributed by atoms with Crippen molar-refractivity contribution in [2.45, 2.75) is 32.4 Å². The number of fused-ring (bicyclic) bond motifs is 3. The maximum Gasteiger partial charge on any atom is 0.323 e. The van der Waals surface area contributed by atoms with E-state index in [1.165, 1.54) is 21.0 Å². The number of hydrogen-bond donors (Lipinski definition) is 2. The molecule has 0 aliphatic carbocycles. The molecule has 3 aromatic rings. The van der Waals surface area contributed by atoms with Gasteiger partial charge in [-0.1, -0.05) is 24.3 Å². The summed E-state index contributed by atoms with van der Waals surface area (Å²) >= 11 is 0. The Labute approximate surface area is 178 Å². The maximum absolute atomic E-state index is 12.4. The van der Waals surface area contributed by atoms with Crippen molar-refractivity contribution in [2.24, 2.45) is 0 Å². The fourth-order valence-corrected chi connectivity index (χ4v) is 3.97. The average Bonchev–Trinajstić information content (AvgIpc) is 3.11. The second-order valence-corrected chi connectivity index (χ2v) is 7.34. The van der Waals surface area contributed by atoms with E-state index < -0.39 is 24.0 Å². The van der Waals surface area contributed by atoms with Gasteiger partial charge in [-0.2, -0.15) is 0 Å². The van der Waals surface area contributed by atoms with Gasteiger partial charge < -0.3 is 19.2 Å². The number of ether oxygens (including phenoxy) is 3. The smallest absolute Gasteiger partial charge is 0.323 e. The average molecular weight is 422 g/mol. The van der Waals surface area contributed by atoms with E-state index in [4.69, 9.17) is 14.2 Å². The van der Waals surface area contributed by atoms with E-state index in [9.17, 15) is 14.4 Å². The highest BCUT2D eigenvalue weighted by Crippen LogP contribution is 2.38. The zero-order valence-corrected chi connectivity index (χ0v) is 17.4. The van der Waals surface area contributed by atoms with E-state index >= 15 is 0 Å². The molecule has 8 heteroatoms. The van der Waals surface area contributed by atoms with Gasteiger partial charge in [-0.05, 0) is 29.3 Å². The summed E-state index contributed by atoms with van der Waals surface area (Å²) in [5.41, 5.74) is 3.62. The van der Waals surface area contributed by atoms with Gasteiger partial charge in [-0.3, -0.25) is 19.7 Å². The molecule has 1 aliphatic rings. The molecule has 0 saturated heterocycles. The van der Waals surface area contributed by atoms with Crippen molar-refractivity contribution in [1.29, 1.82) is 0 Å². The van der Waals surface area contributed by atoms with Crippen LogP contribution in [-0.4, -0.2) is 36.0 Å². The SMILES string of the molecule is COC(=O)[C@H]1Cc2c([nH]c3ccccc23)[C@@H](c2ccc(OC(C)=O)c(OC(C)=O)c2)N1. The summed E-state index contributed by atoms with van der Waals surface area (Å²) in [5, 5.41) is 4.36. The number of para-hydroxylation sites is 1. The molecule has 0 saturated carbocycles. The van der Waals surface area contributed by atoms with Crippen LogP contribution in [0.1, 0.15) is 36.7 Å². The Morgan fingerprint density at radius 1 is 0.968 bits per heavy atom. The first-order valence-corrected chi connectivity index (χ1v) is 9.81. The molecule has 0 unspecified atom stereocenters. The maximum atomic E-state index is 12.4. The largest absolute Gasteiger partial charge is 0.468 e. The number of H-pyrrole nitrogens is 1. The number of hydrogen-bond acceptors (Lipinski definition) is 7. The minimum atomic E-state index is -0.549. The second-order valence-electron chi connectivity index (χ2n) is 7.34. The standard InChI is InChI=1S/C23H22N2O6/c1-12(26)30-19-9-8-14(10-20(19)31-13(2)27)21-22-16(11-18(25-21)23(28)29-3)15-6-4-5-7-17(15)24-22/h4-10,18,21,24-25H,11H2,1-3H3/t18-,21-/m1/s1. The normalized spacial score (nSPS) is 17.6. The zero-order valence-electron chi connectivity index (χ0n) is 17.4. The van der Waals surface area contributed by atoms with Crippen LogP contribution in [0.15, 0.2) is 42.5 Å². The summed E-state index contributed by atoms with van der Waals surface area (Å²) in [7, 11) is 1.36. The van der Waals surface area contributed by atoms with Gasteiger partial charge in [0.25, 0.3) is 0 Å².